The SMILES string of the molecule is CC1(C)CC[C@]2(C(=O)N[C@H]3OC(CO)[C@@H](O)C(O)C3O)C(O)C[C@]3(C)C(=CCC4[C@@]5(C)CCC(=O)C(C)(C)C5CC[C@]43C)C2C1. The molecule has 4 saturated carbocycles. The first-order valence-corrected chi connectivity index (χ1v) is 17.3. The van der Waals surface area contributed by atoms with Gasteiger partial charge in [-0.25, -0.2) is 0 Å². The van der Waals surface area contributed by atoms with E-state index >= 15 is 0 Å². The quantitative estimate of drug-likeness (QED) is 0.259. The van der Waals surface area contributed by atoms with Crippen molar-refractivity contribution in [2.75, 3.05) is 6.61 Å². The van der Waals surface area contributed by atoms with Crippen LogP contribution in [0.4, 0.5) is 0 Å². The molecular weight excluding hydrogens is 574 g/mol. The third-order valence-corrected chi connectivity index (χ3v) is 15.0. The molecule has 45 heavy (non-hydrogen) atoms. The van der Waals surface area contributed by atoms with Crippen molar-refractivity contribution in [3.63, 3.8) is 0 Å². The van der Waals surface area contributed by atoms with Gasteiger partial charge >= 0.3 is 0 Å². The van der Waals surface area contributed by atoms with Gasteiger partial charge in [0, 0.05) is 11.8 Å². The molecule has 0 aromatic heterocycles. The van der Waals surface area contributed by atoms with Crippen LogP contribution in [-0.2, 0) is 14.3 Å². The van der Waals surface area contributed by atoms with E-state index in [0.717, 1.165) is 38.5 Å². The third kappa shape index (κ3) is 4.46. The number of rotatable bonds is 3. The first kappa shape index (κ1) is 33.5. The smallest absolute Gasteiger partial charge is 0.231 e. The summed E-state index contributed by atoms with van der Waals surface area (Å²) in [4.78, 5) is 27.6. The van der Waals surface area contributed by atoms with Crippen LogP contribution < -0.4 is 5.32 Å². The Balaban J connectivity index is 1.39. The summed E-state index contributed by atoms with van der Waals surface area (Å²) in [6, 6.07) is 0. The van der Waals surface area contributed by atoms with Crippen molar-refractivity contribution in [1.29, 1.82) is 0 Å². The van der Waals surface area contributed by atoms with E-state index in [4.69, 9.17) is 4.74 Å². The second-order valence-corrected chi connectivity index (χ2v) is 17.8. The minimum absolute atomic E-state index is 0.00125. The molecule has 0 aromatic carbocycles. The van der Waals surface area contributed by atoms with Gasteiger partial charge in [-0.05, 0) is 90.8 Å². The number of carbonyl (C=O) groups excluding carboxylic acids is 2. The van der Waals surface area contributed by atoms with Crippen LogP contribution in [-0.4, -0.2) is 80.6 Å². The van der Waals surface area contributed by atoms with Gasteiger partial charge in [-0.15, -0.1) is 0 Å². The molecule has 7 unspecified atom stereocenters. The van der Waals surface area contributed by atoms with Crippen LogP contribution >= 0.6 is 0 Å². The Bertz CT molecular complexity index is 1260. The highest BCUT2D eigenvalue weighted by Gasteiger charge is 2.71. The first-order valence-electron chi connectivity index (χ1n) is 17.3. The van der Waals surface area contributed by atoms with Crippen LogP contribution in [0.25, 0.3) is 0 Å². The predicted molar refractivity (Wildman–Crippen MR) is 167 cm³/mol. The summed E-state index contributed by atoms with van der Waals surface area (Å²) in [7, 11) is 0. The molecule has 1 aliphatic heterocycles. The van der Waals surface area contributed by atoms with Crippen LogP contribution in [0.2, 0.25) is 0 Å². The molecule has 5 aliphatic carbocycles. The molecule has 1 heterocycles. The van der Waals surface area contributed by atoms with E-state index in [9.17, 15) is 35.1 Å². The van der Waals surface area contributed by atoms with Crippen molar-refractivity contribution < 1.29 is 39.9 Å². The molecule has 9 heteroatoms. The molecule has 1 amide bonds. The summed E-state index contributed by atoms with van der Waals surface area (Å²) in [6.07, 6.45) is 0.973. The Morgan fingerprint density at radius 2 is 1.60 bits per heavy atom. The zero-order chi connectivity index (χ0) is 33.1. The minimum atomic E-state index is -1.60. The second-order valence-electron chi connectivity index (χ2n) is 17.8. The summed E-state index contributed by atoms with van der Waals surface area (Å²) >= 11 is 0. The van der Waals surface area contributed by atoms with E-state index in [1.54, 1.807) is 0 Å². The number of hydrogen-bond donors (Lipinski definition) is 6. The van der Waals surface area contributed by atoms with Gasteiger partial charge in [0.05, 0.1) is 18.1 Å². The summed E-state index contributed by atoms with van der Waals surface area (Å²) in [5.74, 6) is 0.392. The van der Waals surface area contributed by atoms with Crippen molar-refractivity contribution in [2.24, 2.45) is 50.2 Å². The standard InChI is InChI=1S/C36H57NO8/c1-31(2)14-15-36(30(44)37-29-28(43)27(42)26(41)21(18-38)45-29)20(16-31)19-8-9-23-33(5)12-11-24(39)32(3,4)22(33)10-13-34(23,6)35(19,7)17-25(36)40/h8,20-23,25-29,38,40-43H,9-18H2,1-7H3,(H,37,44)/t20?,21?,22?,23?,25?,26-,27?,28?,29+,33+,34-,35-,36-/m1/s1. The van der Waals surface area contributed by atoms with Gasteiger partial charge in [0.15, 0.2) is 6.23 Å². The van der Waals surface area contributed by atoms with Crippen LogP contribution in [0, 0.1) is 50.2 Å². The number of hydrogen-bond acceptors (Lipinski definition) is 8. The topological polar surface area (TPSA) is 157 Å². The molecule has 0 radical (unpaired) electrons. The van der Waals surface area contributed by atoms with Crippen molar-refractivity contribution >= 4 is 11.7 Å². The minimum Gasteiger partial charge on any atom is -0.394 e. The number of nitrogens with one attached hydrogen (secondary N) is 1. The number of fused-ring (bicyclic) bond motifs is 7. The lowest BCUT2D eigenvalue weighted by molar-refractivity contribution is -0.239. The maximum atomic E-state index is 14.5. The molecule has 13 atom stereocenters. The Morgan fingerprint density at radius 3 is 2.27 bits per heavy atom. The van der Waals surface area contributed by atoms with Crippen LogP contribution in [0.15, 0.2) is 11.6 Å². The highest BCUT2D eigenvalue weighted by molar-refractivity contribution is 5.86. The van der Waals surface area contributed by atoms with E-state index in [0.29, 0.717) is 36.9 Å². The summed E-state index contributed by atoms with van der Waals surface area (Å²) in [6.45, 7) is 15.3. The molecule has 9 nitrogen and oxygen atoms in total. The Morgan fingerprint density at radius 1 is 0.911 bits per heavy atom. The van der Waals surface area contributed by atoms with E-state index in [2.05, 4.69) is 59.9 Å². The van der Waals surface area contributed by atoms with E-state index < -0.39 is 54.7 Å². The lowest BCUT2D eigenvalue weighted by atomic mass is 9.33. The maximum absolute atomic E-state index is 14.5. The van der Waals surface area contributed by atoms with Gasteiger partial charge < -0.3 is 35.6 Å². The highest BCUT2D eigenvalue weighted by atomic mass is 16.6. The van der Waals surface area contributed by atoms with Crippen molar-refractivity contribution in [2.45, 2.75) is 143 Å². The molecule has 6 rings (SSSR count). The van der Waals surface area contributed by atoms with Gasteiger partial charge in [-0.1, -0.05) is 60.1 Å². The summed E-state index contributed by atoms with van der Waals surface area (Å²) in [5.41, 5.74) is -0.760. The average Bonchev–Trinajstić information content (AvgIpc) is 2.95. The van der Waals surface area contributed by atoms with Gasteiger partial charge in [0.1, 0.15) is 30.2 Å². The van der Waals surface area contributed by atoms with Crippen molar-refractivity contribution in [3.8, 4) is 0 Å². The Kier molecular flexibility index (Phi) is 7.88. The third-order valence-electron chi connectivity index (χ3n) is 15.0. The monoisotopic (exact) mass is 631 g/mol. The Labute approximate surface area is 268 Å². The normalized spacial score (nSPS) is 52.0. The summed E-state index contributed by atoms with van der Waals surface area (Å²) < 4.78 is 5.68. The van der Waals surface area contributed by atoms with Crippen molar-refractivity contribution in [1.82, 2.24) is 5.32 Å². The first-order chi connectivity index (χ1) is 20.8. The molecule has 0 spiro atoms. The number of ether oxygens (including phenoxy) is 1. The van der Waals surface area contributed by atoms with Crippen LogP contribution in [0.5, 0.6) is 0 Å². The summed E-state index contributed by atoms with van der Waals surface area (Å²) in [5, 5.41) is 56.3. The molecule has 6 aliphatic rings. The highest BCUT2D eigenvalue weighted by Crippen LogP contribution is 2.75. The lowest BCUT2D eigenvalue weighted by Gasteiger charge is -2.71. The average molecular weight is 632 g/mol. The van der Waals surface area contributed by atoms with Crippen LogP contribution in [0.1, 0.15) is 106 Å². The lowest BCUT2D eigenvalue weighted by Crippen LogP contribution is -2.70. The van der Waals surface area contributed by atoms with Crippen molar-refractivity contribution in [3.05, 3.63) is 11.6 Å². The number of amides is 1. The van der Waals surface area contributed by atoms with Gasteiger partial charge in [-0.2, -0.15) is 0 Å². The molecule has 0 bridgehead atoms. The fourth-order valence-corrected chi connectivity index (χ4v) is 12.0. The maximum Gasteiger partial charge on any atom is 0.231 e. The predicted octanol–water partition coefficient (Wildman–Crippen LogP) is 3.24. The molecular formula is C36H57NO8. The zero-order valence-corrected chi connectivity index (χ0v) is 28.3. The van der Waals surface area contributed by atoms with E-state index in [1.165, 1.54) is 5.57 Å². The second kappa shape index (κ2) is 10.6. The number of aliphatic hydroxyl groups excluding tert-OH is 5. The molecule has 5 fully saturated rings. The number of ketones is 1. The van der Waals surface area contributed by atoms with Crippen LogP contribution in [0.3, 0.4) is 0 Å². The van der Waals surface area contributed by atoms with E-state index in [-0.39, 0.29) is 33.0 Å². The van der Waals surface area contributed by atoms with Gasteiger partial charge in [0.2, 0.25) is 5.91 Å². The largest absolute Gasteiger partial charge is 0.394 e. The fraction of sp³-hybridized carbons (Fsp3) is 0.889. The van der Waals surface area contributed by atoms with E-state index in [1.807, 2.05) is 0 Å². The number of carbonyl (C=O) groups is 2. The molecule has 6 N–H and O–H groups in total. The molecule has 0 aromatic rings. The van der Waals surface area contributed by atoms with Gasteiger partial charge in [0.25, 0.3) is 0 Å². The Hall–Kier alpha value is -1.36. The fourth-order valence-electron chi connectivity index (χ4n) is 12.0. The molecule has 254 valence electrons. The number of aliphatic hydroxyl groups is 5. The zero-order valence-electron chi connectivity index (χ0n) is 28.3. The number of Topliss-reactive ketones (excluding diaryl/α,β-unsaturated/α-hetero) is 1. The van der Waals surface area contributed by atoms with Gasteiger partial charge in [-0.3, -0.25) is 9.59 Å². The molecule has 1 saturated heterocycles. The number of allylic oxidation sites excluding steroid dienone is 2.